The maximum Gasteiger partial charge on any atom is 0.175 e. The van der Waals surface area contributed by atoms with E-state index in [9.17, 15) is 9.59 Å². The van der Waals surface area contributed by atoms with E-state index in [0.29, 0.717) is 17.7 Å². The molecule has 0 unspecified atom stereocenters. The molecular formula is C14H17BrO3. The quantitative estimate of drug-likeness (QED) is 0.751. The molecule has 1 aromatic carbocycles. The maximum absolute atomic E-state index is 11.9. The Labute approximate surface area is 116 Å². The monoisotopic (exact) mass is 312 g/mol. The van der Waals surface area contributed by atoms with Gasteiger partial charge < -0.3 is 4.74 Å². The largest absolute Gasteiger partial charge is 0.479 e. The molecule has 0 radical (unpaired) electrons. The highest BCUT2D eigenvalue weighted by Crippen LogP contribution is 2.26. The van der Waals surface area contributed by atoms with Gasteiger partial charge in [-0.3, -0.25) is 9.59 Å². The van der Waals surface area contributed by atoms with Crippen LogP contribution in [0.25, 0.3) is 0 Å². The first-order valence-corrected chi connectivity index (χ1v) is 6.67. The molecule has 18 heavy (non-hydrogen) atoms. The average molecular weight is 313 g/mol. The van der Waals surface area contributed by atoms with Gasteiger partial charge in [0, 0.05) is 10.9 Å². The standard InChI is InChI=1S/C14H17BrO3/c1-4-5-13(17)14(2,3)18-12-7-6-11(15)8-10(12)9-16/h6-9H,4-5H2,1-3H3. The maximum atomic E-state index is 11.9. The Balaban J connectivity index is 2.96. The molecule has 0 N–H and O–H groups in total. The molecule has 1 rings (SSSR count). The normalized spacial score (nSPS) is 11.1. The number of carbonyl (C=O) groups excluding carboxylic acids is 2. The number of hydrogen-bond donors (Lipinski definition) is 0. The molecule has 0 bridgehead atoms. The number of hydrogen-bond acceptors (Lipinski definition) is 3. The number of ketones is 1. The minimum atomic E-state index is -0.915. The lowest BCUT2D eigenvalue weighted by atomic mass is 9.99. The van der Waals surface area contributed by atoms with Gasteiger partial charge in [0.2, 0.25) is 0 Å². The van der Waals surface area contributed by atoms with E-state index >= 15 is 0 Å². The van der Waals surface area contributed by atoms with E-state index < -0.39 is 5.60 Å². The predicted molar refractivity (Wildman–Crippen MR) is 74.2 cm³/mol. The van der Waals surface area contributed by atoms with Gasteiger partial charge in [0.25, 0.3) is 0 Å². The molecule has 0 aliphatic rings. The van der Waals surface area contributed by atoms with Crippen molar-refractivity contribution in [2.24, 2.45) is 0 Å². The van der Waals surface area contributed by atoms with Crippen molar-refractivity contribution in [3.8, 4) is 5.75 Å². The fourth-order valence-corrected chi connectivity index (χ4v) is 1.94. The number of benzene rings is 1. The van der Waals surface area contributed by atoms with Gasteiger partial charge >= 0.3 is 0 Å². The van der Waals surface area contributed by atoms with Gasteiger partial charge in [0.05, 0.1) is 5.56 Å². The zero-order valence-electron chi connectivity index (χ0n) is 10.8. The Morgan fingerprint density at radius 2 is 2.11 bits per heavy atom. The van der Waals surface area contributed by atoms with Gasteiger partial charge in [-0.15, -0.1) is 0 Å². The van der Waals surface area contributed by atoms with Crippen molar-refractivity contribution < 1.29 is 14.3 Å². The van der Waals surface area contributed by atoms with Gasteiger partial charge in [-0.25, -0.2) is 0 Å². The third-order valence-electron chi connectivity index (χ3n) is 2.61. The topological polar surface area (TPSA) is 43.4 Å². The first kappa shape index (κ1) is 14.9. The van der Waals surface area contributed by atoms with Crippen LogP contribution in [-0.4, -0.2) is 17.7 Å². The van der Waals surface area contributed by atoms with Gasteiger partial charge in [0.15, 0.2) is 17.7 Å². The minimum Gasteiger partial charge on any atom is -0.479 e. The second-order valence-corrected chi connectivity index (χ2v) is 5.50. The third kappa shape index (κ3) is 3.67. The van der Waals surface area contributed by atoms with E-state index in [4.69, 9.17) is 4.74 Å². The smallest absolute Gasteiger partial charge is 0.175 e. The molecule has 0 aromatic heterocycles. The average Bonchev–Trinajstić information content (AvgIpc) is 2.31. The van der Waals surface area contributed by atoms with Crippen molar-refractivity contribution in [2.45, 2.75) is 39.2 Å². The predicted octanol–water partition coefficient (Wildman–Crippen LogP) is 3.79. The summed E-state index contributed by atoms with van der Waals surface area (Å²) in [6.45, 7) is 5.40. The van der Waals surface area contributed by atoms with Crippen molar-refractivity contribution in [3.63, 3.8) is 0 Å². The SMILES string of the molecule is CCCC(=O)C(C)(C)Oc1ccc(Br)cc1C=O. The van der Waals surface area contributed by atoms with Crippen molar-refractivity contribution in [3.05, 3.63) is 28.2 Å². The Kier molecular flexibility index (Phi) is 5.08. The molecular weight excluding hydrogens is 296 g/mol. The van der Waals surface area contributed by atoms with Crippen LogP contribution in [0.15, 0.2) is 22.7 Å². The Bertz CT molecular complexity index is 452. The summed E-state index contributed by atoms with van der Waals surface area (Å²) in [5.74, 6) is 0.465. The summed E-state index contributed by atoms with van der Waals surface area (Å²) in [6.07, 6.45) is 1.98. The van der Waals surface area contributed by atoms with E-state index in [1.54, 1.807) is 32.0 Å². The summed E-state index contributed by atoms with van der Waals surface area (Å²) >= 11 is 3.29. The fourth-order valence-electron chi connectivity index (χ4n) is 1.56. The number of Topliss-reactive ketones (excluding diaryl/α,β-unsaturated/α-hetero) is 1. The van der Waals surface area contributed by atoms with Crippen molar-refractivity contribution in [2.75, 3.05) is 0 Å². The molecule has 0 amide bonds. The second-order valence-electron chi connectivity index (χ2n) is 4.59. The van der Waals surface area contributed by atoms with Crippen LogP contribution < -0.4 is 4.74 Å². The highest BCUT2D eigenvalue weighted by molar-refractivity contribution is 9.10. The summed E-state index contributed by atoms with van der Waals surface area (Å²) in [5, 5.41) is 0. The Morgan fingerprint density at radius 1 is 1.44 bits per heavy atom. The molecule has 0 aliphatic carbocycles. The summed E-state index contributed by atoms with van der Waals surface area (Å²) in [7, 11) is 0. The van der Waals surface area contributed by atoms with Gasteiger partial charge in [-0.1, -0.05) is 22.9 Å². The molecule has 0 atom stereocenters. The zero-order chi connectivity index (χ0) is 13.8. The van der Waals surface area contributed by atoms with E-state index in [-0.39, 0.29) is 5.78 Å². The molecule has 1 aromatic rings. The lowest BCUT2D eigenvalue weighted by Crippen LogP contribution is -2.38. The van der Waals surface area contributed by atoms with Crippen LogP contribution in [0, 0.1) is 0 Å². The molecule has 0 fully saturated rings. The Morgan fingerprint density at radius 3 is 2.67 bits per heavy atom. The molecule has 0 spiro atoms. The van der Waals surface area contributed by atoms with Crippen molar-refractivity contribution in [1.82, 2.24) is 0 Å². The summed E-state index contributed by atoms with van der Waals surface area (Å²) < 4.78 is 6.49. The van der Waals surface area contributed by atoms with E-state index in [0.717, 1.165) is 17.2 Å². The molecule has 0 saturated heterocycles. The first-order chi connectivity index (χ1) is 8.40. The lowest BCUT2D eigenvalue weighted by molar-refractivity contribution is -0.131. The molecule has 0 saturated carbocycles. The molecule has 0 aliphatic heterocycles. The summed E-state index contributed by atoms with van der Waals surface area (Å²) in [4.78, 5) is 22.9. The number of rotatable bonds is 6. The van der Waals surface area contributed by atoms with Gasteiger partial charge in [0.1, 0.15) is 5.75 Å². The molecule has 0 heterocycles. The molecule has 3 nitrogen and oxygen atoms in total. The number of ether oxygens (including phenoxy) is 1. The Hall–Kier alpha value is -1.16. The number of carbonyl (C=O) groups is 2. The van der Waals surface area contributed by atoms with Crippen molar-refractivity contribution in [1.29, 1.82) is 0 Å². The second kappa shape index (κ2) is 6.14. The lowest BCUT2D eigenvalue weighted by Gasteiger charge is -2.25. The zero-order valence-corrected chi connectivity index (χ0v) is 12.4. The minimum absolute atomic E-state index is 0.0322. The number of aldehydes is 1. The summed E-state index contributed by atoms with van der Waals surface area (Å²) in [6, 6.07) is 5.14. The highest BCUT2D eigenvalue weighted by atomic mass is 79.9. The van der Waals surface area contributed by atoms with Crippen LogP contribution in [0.2, 0.25) is 0 Å². The number of halogens is 1. The fraction of sp³-hybridized carbons (Fsp3) is 0.429. The van der Waals surface area contributed by atoms with E-state index in [1.165, 1.54) is 0 Å². The molecule has 4 heteroatoms. The third-order valence-corrected chi connectivity index (χ3v) is 3.11. The van der Waals surface area contributed by atoms with E-state index in [2.05, 4.69) is 15.9 Å². The van der Waals surface area contributed by atoms with E-state index in [1.807, 2.05) is 6.92 Å². The van der Waals surface area contributed by atoms with Crippen LogP contribution in [-0.2, 0) is 4.79 Å². The van der Waals surface area contributed by atoms with Crippen molar-refractivity contribution >= 4 is 28.0 Å². The van der Waals surface area contributed by atoms with Crippen LogP contribution in [0.1, 0.15) is 44.0 Å². The first-order valence-electron chi connectivity index (χ1n) is 5.87. The van der Waals surface area contributed by atoms with Crippen LogP contribution in [0.4, 0.5) is 0 Å². The molecule has 98 valence electrons. The highest BCUT2D eigenvalue weighted by Gasteiger charge is 2.29. The van der Waals surface area contributed by atoms with Gasteiger partial charge in [-0.05, 0) is 38.5 Å². The van der Waals surface area contributed by atoms with Crippen LogP contribution in [0.5, 0.6) is 5.75 Å². The van der Waals surface area contributed by atoms with Gasteiger partial charge in [-0.2, -0.15) is 0 Å². The van der Waals surface area contributed by atoms with Crippen LogP contribution in [0.3, 0.4) is 0 Å². The summed E-state index contributed by atoms with van der Waals surface area (Å²) in [5.41, 5.74) is -0.483. The van der Waals surface area contributed by atoms with Crippen LogP contribution >= 0.6 is 15.9 Å².